The van der Waals surface area contributed by atoms with Crippen molar-refractivity contribution in [3.05, 3.63) is 77.8 Å². The summed E-state index contributed by atoms with van der Waals surface area (Å²) in [5, 5.41) is 12.5. The minimum atomic E-state index is -0.322. The van der Waals surface area contributed by atoms with Gasteiger partial charge in [-0.3, -0.25) is 9.36 Å². The van der Waals surface area contributed by atoms with Gasteiger partial charge < -0.3 is 5.32 Å². The van der Waals surface area contributed by atoms with Gasteiger partial charge in [0.25, 0.3) is 0 Å². The molecule has 1 unspecified atom stereocenters. The first kappa shape index (κ1) is 20.2. The lowest BCUT2D eigenvalue weighted by Gasteiger charge is -2.14. The van der Waals surface area contributed by atoms with E-state index >= 15 is 0 Å². The highest BCUT2D eigenvalue weighted by Gasteiger charge is 2.21. The molecule has 3 rings (SSSR count). The van der Waals surface area contributed by atoms with Gasteiger partial charge in [-0.25, -0.2) is 0 Å². The fourth-order valence-electron chi connectivity index (χ4n) is 2.65. The molecule has 0 aliphatic carbocycles. The first-order chi connectivity index (χ1) is 13.6. The van der Waals surface area contributed by atoms with Gasteiger partial charge in [-0.2, -0.15) is 0 Å². The lowest BCUT2D eigenvalue weighted by molar-refractivity contribution is -0.120. The summed E-state index contributed by atoms with van der Waals surface area (Å²) in [6, 6.07) is 17.6. The molecule has 0 saturated carbocycles. The molecule has 0 aliphatic rings. The summed E-state index contributed by atoms with van der Waals surface area (Å²) < 4.78 is 2.00. The zero-order chi connectivity index (χ0) is 19.9. The van der Waals surface area contributed by atoms with E-state index in [0.717, 1.165) is 11.1 Å². The van der Waals surface area contributed by atoms with Crippen LogP contribution in [-0.4, -0.2) is 32.5 Å². The third-order valence-electron chi connectivity index (χ3n) is 4.09. The van der Waals surface area contributed by atoms with E-state index in [1.54, 1.807) is 6.08 Å². The molecule has 144 valence electrons. The molecule has 1 amide bonds. The van der Waals surface area contributed by atoms with Crippen molar-refractivity contribution in [1.29, 1.82) is 0 Å². The molecule has 28 heavy (non-hydrogen) atoms. The number of nitrogens with zero attached hydrogens (tertiary/aromatic N) is 3. The third kappa shape index (κ3) is 4.82. The van der Waals surface area contributed by atoms with Crippen molar-refractivity contribution in [3.8, 4) is 11.4 Å². The minimum Gasteiger partial charge on any atom is -0.352 e. The van der Waals surface area contributed by atoms with Crippen LogP contribution >= 0.6 is 23.4 Å². The fraction of sp³-hybridized carbons (Fsp3) is 0.190. The highest BCUT2D eigenvalue weighted by molar-refractivity contribution is 8.00. The summed E-state index contributed by atoms with van der Waals surface area (Å²) in [6.45, 7) is 6.49. The van der Waals surface area contributed by atoms with Gasteiger partial charge in [0.15, 0.2) is 11.0 Å². The molecule has 5 nitrogen and oxygen atoms in total. The van der Waals surface area contributed by atoms with Crippen LogP contribution in [0.2, 0.25) is 5.02 Å². The average molecular weight is 413 g/mol. The normalized spacial score (nSPS) is 11.8. The van der Waals surface area contributed by atoms with Gasteiger partial charge >= 0.3 is 0 Å². The number of rotatable bonds is 8. The number of carbonyl (C=O) groups excluding carboxylic acids is 1. The summed E-state index contributed by atoms with van der Waals surface area (Å²) >= 11 is 7.76. The highest BCUT2D eigenvalue weighted by atomic mass is 35.5. The lowest BCUT2D eigenvalue weighted by Crippen LogP contribution is -2.31. The van der Waals surface area contributed by atoms with Gasteiger partial charge in [0.05, 0.1) is 16.8 Å². The summed E-state index contributed by atoms with van der Waals surface area (Å²) in [5.74, 6) is 0.606. The van der Waals surface area contributed by atoms with E-state index in [0.29, 0.717) is 29.1 Å². The SMILES string of the molecule is C=CCNC(=O)C(C)Sc1nnc(-c2ccccc2Cl)n1Cc1ccccc1. The highest BCUT2D eigenvalue weighted by Crippen LogP contribution is 2.31. The predicted octanol–water partition coefficient (Wildman–Crippen LogP) is 4.43. The Kier molecular flexibility index (Phi) is 6.90. The molecule has 3 aromatic rings. The van der Waals surface area contributed by atoms with Crippen LogP contribution < -0.4 is 5.32 Å². The Bertz CT molecular complexity index is 958. The van der Waals surface area contributed by atoms with E-state index in [-0.39, 0.29) is 11.2 Å². The van der Waals surface area contributed by atoms with Gasteiger partial charge in [0.1, 0.15) is 0 Å². The van der Waals surface area contributed by atoms with Crippen LogP contribution in [-0.2, 0) is 11.3 Å². The molecule has 0 aliphatic heterocycles. The van der Waals surface area contributed by atoms with Crippen LogP contribution in [0.5, 0.6) is 0 Å². The van der Waals surface area contributed by atoms with E-state index in [2.05, 4.69) is 22.1 Å². The zero-order valence-electron chi connectivity index (χ0n) is 15.5. The maximum Gasteiger partial charge on any atom is 0.233 e. The average Bonchev–Trinajstić information content (AvgIpc) is 3.09. The van der Waals surface area contributed by atoms with Crippen molar-refractivity contribution in [2.75, 3.05) is 6.54 Å². The second-order valence-electron chi connectivity index (χ2n) is 6.15. The molecule has 0 fully saturated rings. The number of hydrogen-bond donors (Lipinski definition) is 1. The molecular weight excluding hydrogens is 392 g/mol. The minimum absolute atomic E-state index is 0.0709. The van der Waals surface area contributed by atoms with Crippen LogP contribution in [0.4, 0.5) is 0 Å². The number of nitrogens with one attached hydrogen (secondary N) is 1. The van der Waals surface area contributed by atoms with Crippen molar-refractivity contribution in [1.82, 2.24) is 20.1 Å². The Labute approximate surface area is 173 Å². The standard InChI is InChI=1S/C21H21ClN4OS/c1-3-13-23-20(27)15(2)28-21-25-24-19(17-11-7-8-12-18(17)22)26(21)14-16-9-5-4-6-10-16/h3-12,15H,1,13-14H2,2H3,(H,23,27). The van der Waals surface area contributed by atoms with Crippen LogP contribution in [0.1, 0.15) is 12.5 Å². The largest absolute Gasteiger partial charge is 0.352 e. The van der Waals surface area contributed by atoms with Gasteiger partial charge in [-0.1, -0.05) is 71.9 Å². The first-order valence-electron chi connectivity index (χ1n) is 8.87. The molecule has 1 aromatic heterocycles. The van der Waals surface area contributed by atoms with Crippen LogP contribution in [0.3, 0.4) is 0 Å². The molecule has 1 atom stereocenters. The molecule has 1 heterocycles. The van der Waals surface area contributed by atoms with Crippen molar-refractivity contribution in [2.24, 2.45) is 0 Å². The van der Waals surface area contributed by atoms with Gasteiger partial charge in [-0.05, 0) is 24.6 Å². The van der Waals surface area contributed by atoms with E-state index in [1.807, 2.05) is 66.1 Å². The molecule has 2 aromatic carbocycles. The first-order valence-corrected chi connectivity index (χ1v) is 10.1. The second-order valence-corrected chi connectivity index (χ2v) is 7.87. The zero-order valence-corrected chi connectivity index (χ0v) is 17.1. The Hall–Kier alpha value is -2.57. The number of carbonyl (C=O) groups is 1. The Balaban J connectivity index is 1.95. The van der Waals surface area contributed by atoms with Gasteiger partial charge in [0, 0.05) is 12.1 Å². The Morgan fingerprint density at radius 2 is 1.93 bits per heavy atom. The summed E-state index contributed by atoms with van der Waals surface area (Å²) in [5.41, 5.74) is 1.92. The van der Waals surface area contributed by atoms with Crippen molar-refractivity contribution in [3.63, 3.8) is 0 Å². The molecule has 0 saturated heterocycles. The summed E-state index contributed by atoms with van der Waals surface area (Å²) in [4.78, 5) is 12.2. The molecule has 7 heteroatoms. The van der Waals surface area contributed by atoms with Gasteiger partial charge in [-0.15, -0.1) is 16.8 Å². The predicted molar refractivity (Wildman–Crippen MR) is 115 cm³/mol. The lowest BCUT2D eigenvalue weighted by atomic mass is 10.2. The topological polar surface area (TPSA) is 59.8 Å². The maximum atomic E-state index is 12.2. The smallest absolute Gasteiger partial charge is 0.233 e. The number of amides is 1. The maximum absolute atomic E-state index is 12.2. The van der Waals surface area contributed by atoms with Crippen LogP contribution in [0.15, 0.2) is 72.4 Å². The number of benzene rings is 2. The van der Waals surface area contributed by atoms with Crippen LogP contribution in [0, 0.1) is 0 Å². The van der Waals surface area contributed by atoms with E-state index < -0.39 is 0 Å². The van der Waals surface area contributed by atoms with Gasteiger partial charge in [0.2, 0.25) is 5.91 Å². The third-order valence-corrected chi connectivity index (χ3v) is 5.50. The van der Waals surface area contributed by atoms with E-state index in [1.165, 1.54) is 11.8 Å². The Morgan fingerprint density at radius 3 is 2.64 bits per heavy atom. The van der Waals surface area contributed by atoms with Crippen molar-refractivity contribution in [2.45, 2.75) is 23.9 Å². The van der Waals surface area contributed by atoms with E-state index in [9.17, 15) is 4.79 Å². The van der Waals surface area contributed by atoms with Crippen molar-refractivity contribution >= 4 is 29.3 Å². The molecular formula is C21H21ClN4OS. The molecule has 0 bridgehead atoms. The second kappa shape index (κ2) is 9.57. The number of hydrogen-bond acceptors (Lipinski definition) is 4. The Morgan fingerprint density at radius 1 is 1.21 bits per heavy atom. The van der Waals surface area contributed by atoms with Crippen LogP contribution in [0.25, 0.3) is 11.4 Å². The number of aromatic nitrogens is 3. The molecule has 1 N–H and O–H groups in total. The molecule has 0 spiro atoms. The molecule has 0 radical (unpaired) electrons. The number of halogens is 1. The fourth-order valence-corrected chi connectivity index (χ4v) is 3.75. The summed E-state index contributed by atoms with van der Waals surface area (Å²) in [7, 11) is 0. The monoisotopic (exact) mass is 412 g/mol. The van der Waals surface area contributed by atoms with Crippen molar-refractivity contribution < 1.29 is 4.79 Å². The summed E-state index contributed by atoms with van der Waals surface area (Å²) in [6.07, 6.45) is 1.66. The number of thioether (sulfide) groups is 1. The van der Waals surface area contributed by atoms with E-state index in [4.69, 9.17) is 11.6 Å². The quantitative estimate of drug-likeness (QED) is 0.439.